The van der Waals surface area contributed by atoms with E-state index in [1.54, 1.807) is 24.3 Å². The Labute approximate surface area is 155 Å². The van der Waals surface area contributed by atoms with Crippen molar-refractivity contribution >= 4 is 29.2 Å². The van der Waals surface area contributed by atoms with Crippen LogP contribution in [0.4, 0.5) is 5.69 Å². The molecule has 0 radical (unpaired) electrons. The molecule has 2 rings (SSSR count). The number of ether oxygens (including phenoxy) is 4. The SMILES string of the molecule is COc1cc(OC)c(C(=O)OCC(=O)Nc2ccc(Cl)cc2)cc1OC. The lowest BCUT2D eigenvalue weighted by Gasteiger charge is -2.13. The molecule has 0 fully saturated rings. The fraction of sp³-hybridized carbons (Fsp3) is 0.222. The highest BCUT2D eigenvalue weighted by Gasteiger charge is 2.20. The molecular weight excluding hydrogens is 362 g/mol. The lowest BCUT2D eigenvalue weighted by atomic mass is 10.1. The number of hydrogen-bond acceptors (Lipinski definition) is 6. The van der Waals surface area contributed by atoms with Gasteiger partial charge in [0.25, 0.3) is 5.91 Å². The van der Waals surface area contributed by atoms with E-state index in [2.05, 4.69) is 5.32 Å². The fourth-order valence-corrected chi connectivity index (χ4v) is 2.25. The number of carbonyl (C=O) groups is 2. The third-order valence-corrected chi connectivity index (χ3v) is 3.64. The maximum Gasteiger partial charge on any atom is 0.342 e. The summed E-state index contributed by atoms with van der Waals surface area (Å²) in [6.45, 7) is -0.459. The van der Waals surface area contributed by atoms with E-state index < -0.39 is 18.5 Å². The molecule has 0 aliphatic carbocycles. The molecule has 138 valence electrons. The van der Waals surface area contributed by atoms with Crippen LogP contribution in [0.2, 0.25) is 5.02 Å². The van der Waals surface area contributed by atoms with Crippen molar-refractivity contribution in [3.8, 4) is 17.2 Å². The van der Waals surface area contributed by atoms with Crippen molar-refractivity contribution in [2.75, 3.05) is 33.3 Å². The summed E-state index contributed by atoms with van der Waals surface area (Å²) in [5, 5.41) is 3.15. The van der Waals surface area contributed by atoms with Gasteiger partial charge in [-0.05, 0) is 24.3 Å². The van der Waals surface area contributed by atoms with Gasteiger partial charge in [-0.1, -0.05) is 11.6 Å². The number of carbonyl (C=O) groups excluding carboxylic acids is 2. The standard InChI is InChI=1S/C18H18ClNO6/c1-23-14-9-16(25-3)15(24-2)8-13(14)18(22)26-10-17(21)20-12-6-4-11(19)5-7-12/h4-9H,10H2,1-3H3,(H,20,21). The number of amides is 1. The highest BCUT2D eigenvalue weighted by molar-refractivity contribution is 6.30. The average molecular weight is 380 g/mol. The summed E-state index contributed by atoms with van der Waals surface area (Å²) in [5.74, 6) is -0.229. The quantitative estimate of drug-likeness (QED) is 0.744. The highest BCUT2D eigenvalue weighted by Crippen LogP contribution is 2.34. The summed E-state index contributed by atoms with van der Waals surface area (Å²) in [7, 11) is 4.32. The molecule has 8 heteroatoms. The van der Waals surface area contributed by atoms with Crippen LogP contribution >= 0.6 is 11.6 Å². The zero-order chi connectivity index (χ0) is 19.1. The number of benzene rings is 2. The molecule has 0 atom stereocenters. The number of halogens is 1. The zero-order valence-electron chi connectivity index (χ0n) is 14.5. The molecule has 1 amide bonds. The molecule has 0 aliphatic rings. The lowest BCUT2D eigenvalue weighted by molar-refractivity contribution is -0.119. The molecule has 0 bridgehead atoms. The van der Waals surface area contributed by atoms with Gasteiger partial charge in [0.2, 0.25) is 0 Å². The molecule has 0 aromatic heterocycles. The molecule has 1 N–H and O–H groups in total. The largest absolute Gasteiger partial charge is 0.496 e. The van der Waals surface area contributed by atoms with E-state index >= 15 is 0 Å². The number of nitrogens with one attached hydrogen (secondary N) is 1. The van der Waals surface area contributed by atoms with Gasteiger partial charge in [-0.2, -0.15) is 0 Å². The topological polar surface area (TPSA) is 83.1 Å². The van der Waals surface area contributed by atoms with Crippen molar-refractivity contribution in [2.24, 2.45) is 0 Å². The third kappa shape index (κ3) is 4.80. The Kier molecular flexibility index (Phi) is 6.68. The molecule has 7 nitrogen and oxygen atoms in total. The molecule has 26 heavy (non-hydrogen) atoms. The van der Waals surface area contributed by atoms with E-state index in [4.69, 9.17) is 30.5 Å². The second kappa shape index (κ2) is 8.96. The smallest absolute Gasteiger partial charge is 0.342 e. The van der Waals surface area contributed by atoms with Crippen molar-refractivity contribution in [3.05, 3.63) is 47.0 Å². The van der Waals surface area contributed by atoms with Gasteiger partial charge in [0.15, 0.2) is 18.1 Å². The summed E-state index contributed by atoms with van der Waals surface area (Å²) >= 11 is 5.78. The first-order chi connectivity index (χ1) is 12.5. The van der Waals surface area contributed by atoms with Crippen molar-refractivity contribution in [2.45, 2.75) is 0 Å². The number of methoxy groups -OCH3 is 3. The van der Waals surface area contributed by atoms with Crippen molar-refractivity contribution in [1.29, 1.82) is 0 Å². The lowest BCUT2D eigenvalue weighted by Crippen LogP contribution is -2.21. The summed E-state index contributed by atoms with van der Waals surface area (Å²) in [5.41, 5.74) is 0.656. The Morgan fingerprint density at radius 2 is 1.50 bits per heavy atom. The van der Waals surface area contributed by atoms with Crippen LogP contribution in [0.1, 0.15) is 10.4 Å². The zero-order valence-corrected chi connectivity index (χ0v) is 15.3. The van der Waals surface area contributed by atoms with Gasteiger partial charge in [-0.25, -0.2) is 4.79 Å². The van der Waals surface area contributed by atoms with Gasteiger partial charge in [-0.15, -0.1) is 0 Å². The van der Waals surface area contributed by atoms with Gasteiger partial charge in [0.1, 0.15) is 11.3 Å². The highest BCUT2D eigenvalue weighted by atomic mass is 35.5. The Balaban J connectivity index is 2.04. The summed E-state index contributed by atoms with van der Waals surface area (Å²) in [6.07, 6.45) is 0. The maximum atomic E-state index is 12.3. The number of rotatable bonds is 7. The normalized spacial score (nSPS) is 10.0. The van der Waals surface area contributed by atoms with Gasteiger partial charge in [0.05, 0.1) is 21.3 Å². The monoisotopic (exact) mass is 379 g/mol. The molecule has 0 aliphatic heterocycles. The summed E-state index contributed by atoms with van der Waals surface area (Å²) in [4.78, 5) is 24.2. The minimum absolute atomic E-state index is 0.115. The van der Waals surface area contributed by atoms with Crippen LogP contribution in [-0.2, 0) is 9.53 Å². The van der Waals surface area contributed by atoms with Crippen molar-refractivity contribution in [3.63, 3.8) is 0 Å². The number of anilines is 1. The Hall–Kier alpha value is -2.93. The molecule has 2 aromatic rings. The second-order valence-electron chi connectivity index (χ2n) is 5.04. The van der Waals surface area contributed by atoms with Crippen LogP contribution in [0.3, 0.4) is 0 Å². The molecule has 0 heterocycles. The van der Waals surface area contributed by atoms with Crippen LogP contribution in [0.5, 0.6) is 17.2 Å². The van der Waals surface area contributed by atoms with E-state index in [0.29, 0.717) is 22.2 Å². The summed E-state index contributed by atoms with van der Waals surface area (Å²) in [6, 6.07) is 9.48. The van der Waals surface area contributed by atoms with E-state index in [0.717, 1.165) is 0 Å². The van der Waals surface area contributed by atoms with E-state index in [1.165, 1.54) is 33.5 Å². The molecular formula is C18H18ClNO6. The van der Waals surface area contributed by atoms with E-state index in [9.17, 15) is 9.59 Å². The van der Waals surface area contributed by atoms with Gasteiger partial charge >= 0.3 is 5.97 Å². The molecule has 0 spiro atoms. The van der Waals surface area contributed by atoms with Crippen LogP contribution in [-0.4, -0.2) is 39.8 Å². The van der Waals surface area contributed by atoms with Crippen LogP contribution in [0.15, 0.2) is 36.4 Å². The van der Waals surface area contributed by atoms with Crippen LogP contribution in [0, 0.1) is 0 Å². The minimum atomic E-state index is -0.728. The minimum Gasteiger partial charge on any atom is -0.496 e. The Morgan fingerprint density at radius 3 is 2.08 bits per heavy atom. The predicted octanol–water partition coefficient (Wildman–Crippen LogP) is 3.16. The Morgan fingerprint density at radius 1 is 0.923 bits per heavy atom. The molecule has 0 saturated carbocycles. The van der Waals surface area contributed by atoms with Crippen molar-refractivity contribution < 1.29 is 28.5 Å². The molecule has 0 unspecified atom stereocenters. The van der Waals surface area contributed by atoms with Gasteiger partial charge in [-0.3, -0.25) is 4.79 Å². The maximum absolute atomic E-state index is 12.3. The predicted molar refractivity (Wildman–Crippen MR) is 96.5 cm³/mol. The second-order valence-corrected chi connectivity index (χ2v) is 5.48. The first kappa shape index (κ1) is 19.4. The van der Waals surface area contributed by atoms with Crippen LogP contribution < -0.4 is 19.5 Å². The first-order valence-corrected chi connectivity index (χ1v) is 7.88. The number of hydrogen-bond donors (Lipinski definition) is 1. The Bertz CT molecular complexity index is 791. The fourth-order valence-electron chi connectivity index (χ4n) is 2.13. The van der Waals surface area contributed by atoms with Gasteiger partial charge in [0, 0.05) is 22.8 Å². The van der Waals surface area contributed by atoms with Crippen LogP contribution in [0.25, 0.3) is 0 Å². The number of esters is 1. The summed E-state index contributed by atoms with van der Waals surface area (Å²) < 4.78 is 20.5. The van der Waals surface area contributed by atoms with E-state index in [1.807, 2.05) is 0 Å². The van der Waals surface area contributed by atoms with Gasteiger partial charge < -0.3 is 24.3 Å². The first-order valence-electron chi connectivity index (χ1n) is 7.51. The van der Waals surface area contributed by atoms with Crippen molar-refractivity contribution in [1.82, 2.24) is 0 Å². The third-order valence-electron chi connectivity index (χ3n) is 3.39. The molecule has 0 saturated heterocycles. The molecule has 2 aromatic carbocycles. The van der Waals surface area contributed by atoms with E-state index in [-0.39, 0.29) is 11.3 Å². The average Bonchev–Trinajstić information content (AvgIpc) is 2.66.